The Morgan fingerprint density at radius 3 is 2.55 bits per heavy atom. The van der Waals surface area contributed by atoms with Crippen molar-refractivity contribution in [1.82, 2.24) is 10.3 Å². The summed E-state index contributed by atoms with van der Waals surface area (Å²) in [5.41, 5.74) is 7.97. The van der Waals surface area contributed by atoms with Gasteiger partial charge in [0.15, 0.2) is 0 Å². The summed E-state index contributed by atoms with van der Waals surface area (Å²) in [5, 5.41) is 4.70. The monoisotopic (exact) mass is 309 g/mol. The van der Waals surface area contributed by atoms with Gasteiger partial charge in [0.1, 0.15) is 5.82 Å². The van der Waals surface area contributed by atoms with E-state index >= 15 is 0 Å². The Kier molecular flexibility index (Phi) is 5.24. The highest BCUT2D eigenvalue weighted by Crippen LogP contribution is 2.26. The molecule has 2 rings (SSSR count). The number of benzene rings is 1. The molecular weight excluding hydrogens is 293 g/mol. The lowest BCUT2D eigenvalue weighted by Crippen LogP contribution is -2.23. The third-order valence-electron chi connectivity index (χ3n) is 3.09. The summed E-state index contributed by atoms with van der Waals surface area (Å²) in [6.07, 6.45) is 2.43. The summed E-state index contributed by atoms with van der Waals surface area (Å²) >= 11 is 12.2. The zero-order chi connectivity index (χ0) is 14.5. The molecule has 0 aliphatic carbocycles. The zero-order valence-electron chi connectivity index (χ0n) is 11.2. The number of nitrogen functional groups attached to an aromatic ring is 1. The number of anilines is 1. The highest BCUT2D eigenvalue weighted by molar-refractivity contribution is 6.34. The number of hydrogen-bond donors (Lipinski definition) is 2. The van der Waals surface area contributed by atoms with Crippen molar-refractivity contribution in [2.75, 3.05) is 12.3 Å². The first-order valence-corrected chi connectivity index (χ1v) is 7.24. The number of pyridine rings is 1. The molecule has 0 aliphatic rings. The molecular formula is C15H17Cl2N3. The molecule has 3 N–H and O–H groups in total. The minimum Gasteiger partial charge on any atom is -0.383 e. The Hall–Kier alpha value is -1.29. The van der Waals surface area contributed by atoms with Crippen LogP contribution in [0.4, 0.5) is 5.82 Å². The van der Waals surface area contributed by atoms with Gasteiger partial charge < -0.3 is 11.1 Å². The number of aromatic nitrogens is 1. The topological polar surface area (TPSA) is 50.9 Å². The van der Waals surface area contributed by atoms with Crippen LogP contribution in [0.5, 0.6) is 0 Å². The summed E-state index contributed by atoms with van der Waals surface area (Å²) in [7, 11) is 0. The minimum absolute atomic E-state index is 0.0997. The normalized spacial score (nSPS) is 12.3. The van der Waals surface area contributed by atoms with Crippen molar-refractivity contribution in [3.63, 3.8) is 0 Å². The van der Waals surface area contributed by atoms with Gasteiger partial charge in [-0.2, -0.15) is 0 Å². The van der Waals surface area contributed by atoms with Crippen molar-refractivity contribution >= 4 is 29.0 Å². The highest BCUT2D eigenvalue weighted by Gasteiger charge is 2.14. The smallest absolute Gasteiger partial charge is 0.126 e. The molecule has 1 aromatic heterocycles. The van der Waals surface area contributed by atoms with E-state index in [1.165, 1.54) is 0 Å². The van der Waals surface area contributed by atoms with Gasteiger partial charge in [-0.1, -0.05) is 36.2 Å². The number of nitrogens with zero attached hydrogens (tertiary/aromatic N) is 1. The molecule has 0 aliphatic heterocycles. The minimum atomic E-state index is 0.0997. The zero-order valence-corrected chi connectivity index (χ0v) is 12.7. The Labute approximate surface area is 129 Å². The fraction of sp³-hybridized carbons (Fsp3) is 0.267. The second kappa shape index (κ2) is 6.93. The summed E-state index contributed by atoms with van der Waals surface area (Å²) in [6, 6.07) is 9.55. The highest BCUT2D eigenvalue weighted by atomic mass is 35.5. The van der Waals surface area contributed by atoms with E-state index in [2.05, 4.69) is 17.2 Å². The van der Waals surface area contributed by atoms with Gasteiger partial charge in [-0.3, -0.25) is 0 Å². The largest absolute Gasteiger partial charge is 0.383 e. The van der Waals surface area contributed by atoms with Crippen LogP contribution in [0.1, 0.15) is 24.1 Å². The molecule has 0 radical (unpaired) electrons. The maximum Gasteiger partial charge on any atom is 0.126 e. The van der Waals surface area contributed by atoms with Crippen molar-refractivity contribution in [2.24, 2.45) is 0 Å². The lowest BCUT2D eigenvalue weighted by atomic mass is 9.99. The quantitative estimate of drug-likeness (QED) is 0.881. The van der Waals surface area contributed by atoms with E-state index in [1.54, 1.807) is 12.3 Å². The number of nitrogens with two attached hydrogens (primary N) is 1. The number of halogens is 2. The predicted octanol–water partition coefficient (Wildman–Crippen LogP) is 3.86. The van der Waals surface area contributed by atoms with E-state index < -0.39 is 0 Å². The number of nitrogens with one attached hydrogen (secondary N) is 1. The van der Waals surface area contributed by atoms with Gasteiger partial charge >= 0.3 is 0 Å². The van der Waals surface area contributed by atoms with Gasteiger partial charge in [0.05, 0.1) is 0 Å². The Balaban J connectivity index is 2.29. The molecule has 0 spiro atoms. The van der Waals surface area contributed by atoms with Crippen molar-refractivity contribution in [3.05, 3.63) is 57.7 Å². The van der Waals surface area contributed by atoms with Crippen LogP contribution in [0.25, 0.3) is 0 Å². The Bertz CT molecular complexity index is 567. The summed E-state index contributed by atoms with van der Waals surface area (Å²) < 4.78 is 0. The van der Waals surface area contributed by atoms with Crippen LogP contribution >= 0.6 is 23.2 Å². The average molecular weight is 310 g/mol. The van der Waals surface area contributed by atoms with Crippen LogP contribution < -0.4 is 11.1 Å². The molecule has 1 unspecified atom stereocenters. The van der Waals surface area contributed by atoms with E-state index in [0.29, 0.717) is 15.9 Å². The van der Waals surface area contributed by atoms with Gasteiger partial charge in [0.25, 0.3) is 0 Å². The molecule has 0 saturated carbocycles. The first kappa shape index (κ1) is 15.1. The molecule has 3 nitrogen and oxygen atoms in total. The fourth-order valence-corrected chi connectivity index (χ4v) is 2.72. The van der Waals surface area contributed by atoms with Gasteiger partial charge in [-0.05, 0) is 48.4 Å². The van der Waals surface area contributed by atoms with Crippen LogP contribution in [0, 0.1) is 0 Å². The molecule has 0 amide bonds. The summed E-state index contributed by atoms with van der Waals surface area (Å²) in [5.74, 6) is 0.559. The molecule has 5 heteroatoms. The number of hydrogen-bond acceptors (Lipinski definition) is 3. The van der Waals surface area contributed by atoms with E-state index in [4.69, 9.17) is 28.9 Å². The lowest BCUT2D eigenvalue weighted by molar-refractivity contribution is 0.550. The van der Waals surface area contributed by atoms with Crippen LogP contribution in [0.3, 0.4) is 0 Å². The second-order valence-electron chi connectivity index (χ2n) is 4.56. The molecule has 20 heavy (non-hydrogen) atoms. The Morgan fingerprint density at radius 2 is 1.95 bits per heavy atom. The van der Waals surface area contributed by atoms with E-state index in [0.717, 1.165) is 24.1 Å². The van der Waals surface area contributed by atoms with E-state index in [9.17, 15) is 0 Å². The molecule has 1 aromatic carbocycles. The molecule has 2 aromatic rings. The van der Waals surface area contributed by atoms with Crippen molar-refractivity contribution in [1.29, 1.82) is 0 Å². The molecule has 0 fully saturated rings. The molecule has 1 heterocycles. The van der Waals surface area contributed by atoms with Crippen LogP contribution in [-0.4, -0.2) is 11.5 Å². The molecule has 1 atom stereocenters. The predicted molar refractivity (Wildman–Crippen MR) is 85.2 cm³/mol. The second-order valence-corrected chi connectivity index (χ2v) is 5.44. The van der Waals surface area contributed by atoms with Gasteiger partial charge in [0, 0.05) is 22.3 Å². The van der Waals surface area contributed by atoms with Gasteiger partial charge in [-0.15, -0.1) is 0 Å². The van der Waals surface area contributed by atoms with Crippen LogP contribution in [0.15, 0.2) is 36.5 Å². The first-order valence-electron chi connectivity index (χ1n) is 6.49. The summed E-state index contributed by atoms with van der Waals surface area (Å²) in [6.45, 7) is 2.90. The van der Waals surface area contributed by atoms with Gasteiger partial charge in [-0.25, -0.2) is 4.98 Å². The number of likely N-dealkylation sites (N-methyl/N-ethyl adjacent to an activating group) is 1. The molecule has 0 saturated heterocycles. The van der Waals surface area contributed by atoms with Gasteiger partial charge in [0.2, 0.25) is 0 Å². The Morgan fingerprint density at radius 1 is 1.25 bits per heavy atom. The third-order valence-corrected chi connectivity index (χ3v) is 3.52. The van der Waals surface area contributed by atoms with Crippen molar-refractivity contribution in [2.45, 2.75) is 19.4 Å². The van der Waals surface area contributed by atoms with Crippen LogP contribution in [0.2, 0.25) is 10.0 Å². The maximum atomic E-state index is 6.08. The van der Waals surface area contributed by atoms with Crippen molar-refractivity contribution < 1.29 is 0 Å². The van der Waals surface area contributed by atoms with Crippen molar-refractivity contribution in [3.8, 4) is 0 Å². The third kappa shape index (κ3) is 3.85. The molecule has 106 valence electrons. The number of rotatable bonds is 5. The SMILES string of the molecule is CCNC(Cc1cccnc1N)c1cc(Cl)cc(Cl)c1. The summed E-state index contributed by atoms with van der Waals surface area (Å²) in [4.78, 5) is 4.12. The van der Waals surface area contributed by atoms with E-state index in [1.807, 2.05) is 24.3 Å². The molecule has 0 bridgehead atoms. The maximum absolute atomic E-state index is 6.08. The fourth-order valence-electron chi connectivity index (χ4n) is 2.17. The van der Waals surface area contributed by atoms with Crippen LogP contribution in [-0.2, 0) is 6.42 Å². The lowest BCUT2D eigenvalue weighted by Gasteiger charge is -2.19. The average Bonchev–Trinajstić information content (AvgIpc) is 2.39. The standard InChI is InChI=1S/C15H17Cl2N3/c1-2-19-14(8-10-4-3-5-20-15(10)18)11-6-12(16)9-13(17)7-11/h3-7,9,14,19H,2,8H2,1H3,(H2,18,20). The first-order chi connectivity index (χ1) is 9.60. The van der Waals surface area contributed by atoms with E-state index in [-0.39, 0.29) is 6.04 Å².